The highest BCUT2D eigenvalue weighted by atomic mass is 35.5. The number of hydrogen-bond donors (Lipinski definition) is 0. The Morgan fingerprint density at radius 3 is 2.52 bits per heavy atom. The van der Waals surface area contributed by atoms with Crippen molar-refractivity contribution in [1.29, 1.82) is 0 Å². The van der Waals surface area contributed by atoms with E-state index in [1.165, 1.54) is 0 Å². The van der Waals surface area contributed by atoms with E-state index >= 15 is 0 Å². The van der Waals surface area contributed by atoms with Gasteiger partial charge in [0.1, 0.15) is 11.5 Å². The van der Waals surface area contributed by atoms with Gasteiger partial charge in [0.25, 0.3) is 5.91 Å². The van der Waals surface area contributed by atoms with Crippen LogP contribution in [0.25, 0.3) is 0 Å². The van der Waals surface area contributed by atoms with Gasteiger partial charge in [-0.05, 0) is 39.0 Å². The van der Waals surface area contributed by atoms with Crippen LogP contribution in [0.2, 0.25) is 0 Å². The van der Waals surface area contributed by atoms with Gasteiger partial charge in [0.15, 0.2) is 5.76 Å². The van der Waals surface area contributed by atoms with Crippen molar-refractivity contribution in [2.45, 2.75) is 38.8 Å². The molecule has 1 unspecified atom stereocenters. The summed E-state index contributed by atoms with van der Waals surface area (Å²) in [7, 11) is 1.74. The Labute approximate surface area is 142 Å². The first-order chi connectivity index (χ1) is 10.9. The Hall–Kier alpha value is -1.94. The standard InChI is InChI=1S/C18H22ClNO3/c1-12(2)22-16-8-6-5-7-14(16)11-20(4)18(21)17-10-9-15(23-17)13(3)19/h5-10,12-13H,11H2,1-4H3. The third kappa shape index (κ3) is 4.52. The predicted molar refractivity (Wildman–Crippen MR) is 91.0 cm³/mol. The highest BCUT2D eigenvalue weighted by Gasteiger charge is 2.19. The number of para-hydroxylation sites is 1. The van der Waals surface area contributed by atoms with Gasteiger partial charge in [0, 0.05) is 19.2 Å². The maximum atomic E-state index is 12.5. The summed E-state index contributed by atoms with van der Waals surface area (Å²) in [4.78, 5) is 14.1. The second kappa shape index (κ2) is 7.55. The number of furan rings is 1. The first-order valence-corrected chi connectivity index (χ1v) is 8.06. The third-order valence-corrected chi connectivity index (χ3v) is 3.53. The lowest BCUT2D eigenvalue weighted by atomic mass is 10.2. The topological polar surface area (TPSA) is 42.7 Å². The Balaban J connectivity index is 2.12. The zero-order valence-electron chi connectivity index (χ0n) is 13.9. The van der Waals surface area contributed by atoms with Crippen molar-refractivity contribution in [3.05, 3.63) is 53.5 Å². The number of benzene rings is 1. The summed E-state index contributed by atoms with van der Waals surface area (Å²) in [5.74, 6) is 1.48. The van der Waals surface area contributed by atoms with E-state index in [2.05, 4.69) is 0 Å². The molecule has 23 heavy (non-hydrogen) atoms. The summed E-state index contributed by atoms with van der Waals surface area (Å²) in [6.07, 6.45) is 0.0787. The summed E-state index contributed by atoms with van der Waals surface area (Å²) >= 11 is 5.96. The lowest BCUT2D eigenvalue weighted by Gasteiger charge is -2.19. The molecule has 2 aromatic rings. The van der Waals surface area contributed by atoms with Crippen LogP contribution in [-0.4, -0.2) is 24.0 Å². The molecule has 0 spiro atoms. The molecule has 2 rings (SSSR count). The van der Waals surface area contributed by atoms with Crippen LogP contribution in [0.3, 0.4) is 0 Å². The van der Waals surface area contributed by atoms with Crippen LogP contribution >= 0.6 is 11.6 Å². The van der Waals surface area contributed by atoms with Crippen LogP contribution in [-0.2, 0) is 6.54 Å². The van der Waals surface area contributed by atoms with Crippen molar-refractivity contribution < 1.29 is 13.9 Å². The number of ether oxygens (including phenoxy) is 1. The minimum Gasteiger partial charge on any atom is -0.491 e. The Morgan fingerprint density at radius 2 is 1.91 bits per heavy atom. The Bertz CT molecular complexity index is 664. The highest BCUT2D eigenvalue weighted by Crippen LogP contribution is 2.24. The lowest BCUT2D eigenvalue weighted by Crippen LogP contribution is -2.26. The Morgan fingerprint density at radius 1 is 1.22 bits per heavy atom. The van der Waals surface area contributed by atoms with Crippen molar-refractivity contribution >= 4 is 17.5 Å². The number of carbonyl (C=O) groups excluding carboxylic acids is 1. The van der Waals surface area contributed by atoms with Gasteiger partial charge in [0.2, 0.25) is 0 Å². The lowest BCUT2D eigenvalue weighted by molar-refractivity contribution is 0.0750. The maximum Gasteiger partial charge on any atom is 0.289 e. The van der Waals surface area contributed by atoms with Crippen molar-refractivity contribution in [1.82, 2.24) is 4.90 Å². The molecule has 0 fully saturated rings. The summed E-state index contributed by atoms with van der Waals surface area (Å²) in [6, 6.07) is 11.1. The fourth-order valence-electron chi connectivity index (χ4n) is 2.20. The molecule has 5 heteroatoms. The number of carbonyl (C=O) groups is 1. The average molecular weight is 336 g/mol. The SMILES string of the molecule is CC(C)Oc1ccccc1CN(C)C(=O)c1ccc(C(C)Cl)o1. The van der Waals surface area contributed by atoms with Crippen molar-refractivity contribution in [2.75, 3.05) is 7.05 Å². The van der Waals surface area contributed by atoms with Crippen LogP contribution in [0.5, 0.6) is 5.75 Å². The van der Waals surface area contributed by atoms with E-state index in [0.29, 0.717) is 12.3 Å². The van der Waals surface area contributed by atoms with Crippen LogP contribution in [0, 0.1) is 0 Å². The van der Waals surface area contributed by atoms with Crippen molar-refractivity contribution in [3.63, 3.8) is 0 Å². The minimum absolute atomic E-state index is 0.0787. The number of halogens is 1. The molecule has 1 aromatic carbocycles. The minimum atomic E-state index is -0.262. The predicted octanol–water partition coefficient (Wildman–Crippen LogP) is 4.64. The summed E-state index contributed by atoms with van der Waals surface area (Å²) in [6.45, 7) is 6.19. The number of nitrogens with zero attached hydrogens (tertiary/aromatic N) is 1. The summed E-state index contributed by atoms with van der Waals surface area (Å²) in [5, 5.41) is -0.262. The smallest absolute Gasteiger partial charge is 0.289 e. The van der Waals surface area contributed by atoms with Gasteiger partial charge < -0.3 is 14.1 Å². The molecule has 4 nitrogen and oxygen atoms in total. The first kappa shape index (κ1) is 17.4. The zero-order chi connectivity index (χ0) is 17.0. The molecule has 124 valence electrons. The molecule has 0 aliphatic rings. The van der Waals surface area contributed by atoms with Crippen LogP contribution in [0.4, 0.5) is 0 Å². The zero-order valence-corrected chi connectivity index (χ0v) is 14.6. The third-order valence-electron chi connectivity index (χ3n) is 3.32. The van der Waals surface area contributed by atoms with Crippen molar-refractivity contribution in [3.8, 4) is 5.75 Å². The van der Waals surface area contributed by atoms with E-state index in [0.717, 1.165) is 11.3 Å². The number of alkyl halides is 1. The first-order valence-electron chi connectivity index (χ1n) is 7.62. The van der Waals surface area contributed by atoms with Gasteiger partial charge in [0.05, 0.1) is 11.5 Å². The van der Waals surface area contributed by atoms with E-state index in [4.69, 9.17) is 20.8 Å². The monoisotopic (exact) mass is 335 g/mol. The number of hydrogen-bond acceptors (Lipinski definition) is 3. The molecular weight excluding hydrogens is 314 g/mol. The number of amides is 1. The van der Waals surface area contributed by atoms with E-state index in [9.17, 15) is 4.79 Å². The molecule has 1 heterocycles. The molecule has 0 saturated heterocycles. The molecule has 0 N–H and O–H groups in total. The molecule has 0 aliphatic carbocycles. The van der Waals surface area contributed by atoms with Crippen LogP contribution < -0.4 is 4.74 Å². The second-order valence-electron chi connectivity index (χ2n) is 5.75. The Kier molecular flexibility index (Phi) is 5.72. The fraction of sp³-hybridized carbons (Fsp3) is 0.389. The quantitative estimate of drug-likeness (QED) is 0.722. The van der Waals surface area contributed by atoms with Gasteiger partial charge in [-0.25, -0.2) is 0 Å². The molecule has 1 atom stereocenters. The maximum absolute atomic E-state index is 12.5. The number of rotatable bonds is 6. The molecule has 1 amide bonds. The van der Waals surface area contributed by atoms with Gasteiger partial charge >= 0.3 is 0 Å². The highest BCUT2D eigenvalue weighted by molar-refractivity contribution is 6.20. The fourth-order valence-corrected chi connectivity index (χ4v) is 2.32. The molecular formula is C18H22ClNO3. The van der Waals surface area contributed by atoms with E-state index < -0.39 is 0 Å². The van der Waals surface area contributed by atoms with Gasteiger partial charge in [-0.1, -0.05) is 18.2 Å². The van der Waals surface area contributed by atoms with E-state index in [1.54, 1.807) is 31.0 Å². The van der Waals surface area contributed by atoms with Gasteiger partial charge in [-0.2, -0.15) is 0 Å². The van der Waals surface area contributed by atoms with Crippen LogP contribution in [0.15, 0.2) is 40.8 Å². The molecule has 0 bridgehead atoms. The van der Waals surface area contributed by atoms with E-state index in [-0.39, 0.29) is 23.1 Å². The van der Waals surface area contributed by atoms with Gasteiger partial charge in [-0.3, -0.25) is 4.79 Å². The van der Waals surface area contributed by atoms with Crippen molar-refractivity contribution in [2.24, 2.45) is 0 Å². The van der Waals surface area contributed by atoms with Crippen LogP contribution in [0.1, 0.15) is 48.0 Å². The molecule has 1 aromatic heterocycles. The van der Waals surface area contributed by atoms with Gasteiger partial charge in [-0.15, -0.1) is 11.6 Å². The molecule has 0 saturated carbocycles. The largest absolute Gasteiger partial charge is 0.491 e. The summed E-state index contributed by atoms with van der Waals surface area (Å²) < 4.78 is 11.3. The molecule has 0 radical (unpaired) electrons. The normalized spacial score (nSPS) is 12.3. The second-order valence-corrected chi connectivity index (χ2v) is 6.41. The van der Waals surface area contributed by atoms with E-state index in [1.807, 2.05) is 38.1 Å². The molecule has 0 aliphatic heterocycles. The summed E-state index contributed by atoms with van der Waals surface area (Å²) in [5.41, 5.74) is 0.953. The average Bonchev–Trinajstić information content (AvgIpc) is 2.98.